The molecule has 3 aromatic rings. The average Bonchev–Trinajstić information content (AvgIpc) is 3.27. The summed E-state index contributed by atoms with van der Waals surface area (Å²) in [6.07, 6.45) is 5.03. The SMILES string of the molecule is O=C(C1CCN(S(=O)(=O)c2ccc(F)cc2)CC1)N1CCN(Cc2cn3ccccc3n2)CC1. The summed E-state index contributed by atoms with van der Waals surface area (Å²) < 4.78 is 42.2. The normalized spacial score (nSPS) is 19.0. The van der Waals surface area contributed by atoms with E-state index < -0.39 is 15.8 Å². The number of amides is 1. The summed E-state index contributed by atoms with van der Waals surface area (Å²) in [5.74, 6) is -0.516. The van der Waals surface area contributed by atoms with Gasteiger partial charge < -0.3 is 9.30 Å². The number of rotatable bonds is 5. The van der Waals surface area contributed by atoms with Crippen molar-refractivity contribution in [2.75, 3.05) is 39.3 Å². The van der Waals surface area contributed by atoms with Crippen LogP contribution in [0.25, 0.3) is 5.65 Å². The maximum absolute atomic E-state index is 13.2. The molecule has 2 aliphatic heterocycles. The summed E-state index contributed by atoms with van der Waals surface area (Å²) in [6.45, 7) is 4.26. The molecule has 0 aliphatic carbocycles. The summed E-state index contributed by atoms with van der Waals surface area (Å²) in [7, 11) is -3.67. The third-order valence-corrected chi connectivity index (χ3v) is 8.65. The fraction of sp³-hybridized carbons (Fsp3) is 0.417. The maximum atomic E-state index is 13.2. The van der Waals surface area contributed by atoms with E-state index in [-0.39, 0.29) is 16.7 Å². The Morgan fingerprint density at radius 3 is 2.35 bits per heavy atom. The van der Waals surface area contributed by atoms with E-state index in [0.29, 0.717) is 39.0 Å². The Bertz CT molecular complexity index is 1230. The highest BCUT2D eigenvalue weighted by molar-refractivity contribution is 7.89. The molecule has 2 fully saturated rings. The lowest BCUT2D eigenvalue weighted by molar-refractivity contribution is -0.138. The zero-order valence-corrected chi connectivity index (χ0v) is 19.7. The summed E-state index contributed by atoms with van der Waals surface area (Å²) in [5, 5.41) is 0. The van der Waals surface area contributed by atoms with E-state index in [0.717, 1.165) is 43.1 Å². The quantitative estimate of drug-likeness (QED) is 0.554. The van der Waals surface area contributed by atoms with Gasteiger partial charge in [0.2, 0.25) is 15.9 Å². The molecular weight excluding hydrogens is 457 g/mol. The second-order valence-electron chi connectivity index (χ2n) is 8.93. The van der Waals surface area contributed by atoms with Gasteiger partial charge in [-0.05, 0) is 49.2 Å². The highest BCUT2D eigenvalue weighted by Gasteiger charge is 2.34. The Labute approximate surface area is 198 Å². The topological polar surface area (TPSA) is 78.2 Å². The second-order valence-corrected chi connectivity index (χ2v) is 10.9. The van der Waals surface area contributed by atoms with Crippen LogP contribution in [0, 0.1) is 11.7 Å². The minimum atomic E-state index is -3.67. The van der Waals surface area contributed by atoms with Crippen LogP contribution in [0.5, 0.6) is 0 Å². The van der Waals surface area contributed by atoms with Crippen molar-refractivity contribution >= 4 is 21.6 Å². The number of imidazole rings is 1. The van der Waals surface area contributed by atoms with Crippen molar-refractivity contribution < 1.29 is 17.6 Å². The molecule has 10 heteroatoms. The Morgan fingerprint density at radius 2 is 1.68 bits per heavy atom. The monoisotopic (exact) mass is 485 g/mol. The van der Waals surface area contributed by atoms with Crippen molar-refractivity contribution in [2.24, 2.45) is 5.92 Å². The highest BCUT2D eigenvalue weighted by Crippen LogP contribution is 2.26. The molecule has 2 saturated heterocycles. The molecule has 0 radical (unpaired) electrons. The van der Waals surface area contributed by atoms with E-state index in [1.54, 1.807) is 0 Å². The Hall–Kier alpha value is -2.82. The Morgan fingerprint density at radius 1 is 0.971 bits per heavy atom. The number of benzene rings is 1. The van der Waals surface area contributed by atoms with Gasteiger partial charge in [0.1, 0.15) is 11.5 Å². The van der Waals surface area contributed by atoms with E-state index in [4.69, 9.17) is 0 Å². The predicted molar refractivity (Wildman–Crippen MR) is 125 cm³/mol. The Kier molecular flexibility index (Phi) is 6.37. The number of pyridine rings is 1. The van der Waals surface area contributed by atoms with Gasteiger partial charge in [0.05, 0.1) is 10.6 Å². The average molecular weight is 486 g/mol. The fourth-order valence-corrected chi connectivity index (χ4v) is 6.25. The van der Waals surface area contributed by atoms with Gasteiger partial charge in [0, 0.05) is 64.1 Å². The van der Waals surface area contributed by atoms with E-state index in [1.807, 2.05) is 39.9 Å². The zero-order chi connectivity index (χ0) is 23.7. The number of piperidine rings is 1. The first-order chi connectivity index (χ1) is 16.4. The van der Waals surface area contributed by atoms with Crippen LogP contribution in [-0.4, -0.2) is 77.1 Å². The summed E-state index contributed by atoms with van der Waals surface area (Å²) in [4.78, 5) is 22.0. The van der Waals surface area contributed by atoms with Crippen LogP contribution in [-0.2, 0) is 21.4 Å². The molecule has 0 unspecified atom stereocenters. The van der Waals surface area contributed by atoms with Gasteiger partial charge in [-0.1, -0.05) is 6.07 Å². The zero-order valence-electron chi connectivity index (χ0n) is 18.9. The molecule has 5 rings (SSSR count). The molecule has 0 saturated carbocycles. The standard InChI is InChI=1S/C24H28FN5O3S/c25-20-4-6-22(7-5-20)34(32,33)30-11-8-19(9-12-30)24(31)28-15-13-27(14-16-28)17-21-18-29-10-2-1-3-23(29)26-21/h1-7,10,18-19H,8-9,11-17H2. The molecule has 0 spiro atoms. The Balaban J connectivity index is 1.12. The highest BCUT2D eigenvalue weighted by atomic mass is 32.2. The third-order valence-electron chi connectivity index (χ3n) is 6.74. The van der Waals surface area contributed by atoms with Crippen LogP contribution in [0.3, 0.4) is 0 Å². The molecule has 1 aromatic carbocycles. The molecule has 0 bridgehead atoms. The molecule has 1 amide bonds. The molecule has 0 N–H and O–H groups in total. The molecule has 4 heterocycles. The lowest BCUT2D eigenvalue weighted by atomic mass is 9.96. The number of hydrogen-bond donors (Lipinski definition) is 0. The molecule has 2 aliphatic rings. The van der Waals surface area contributed by atoms with E-state index >= 15 is 0 Å². The van der Waals surface area contributed by atoms with Gasteiger partial charge in [-0.3, -0.25) is 9.69 Å². The van der Waals surface area contributed by atoms with Gasteiger partial charge in [0.15, 0.2) is 0 Å². The molecule has 8 nitrogen and oxygen atoms in total. The smallest absolute Gasteiger partial charge is 0.243 e. The lowest BCUT2D eigenvalue weighted by Gasteiger charge is -2.38. The molecule has 0 atom stereocenters. The van der Waals surface area contributed by atoms with E-state index in [1.165, 1.54) is 16.4 Å². The number of carbonyl (C=O) groups excluding carboxylic acids is 1. The number of nitrogens with zero attached hydrogens (tertiary/aromatic N) is 5. The van der Waals surface area contributed by atoms with Crippen molar-refractivity contribution in [3.63, 3.8) is 0 Å². The number of piperazine rings is 1. The van der Waals surface area contributed by atoms with Crippen molar-refractivity contribution in [3.05, 3.63) is 66.4 Å². The van der Waals surface area contributed by atoms with Crippen molar-refractivity contribution in [2.45, 2.75) is 24.3 Å². The number of fused-ring (bicyclic) bond motifs is 1. The van der Waals surface area contributed by atoms with Crippen LogP contribution in [0.1, 0.15) is 18.5 Å². The first-order valence-corrected chi connectivity index (χ1v) is 13.0. The van der Waals surface area contributed by atoms with Gasteiger partial charge in [-0.2, -0.15) is 4.31 Å². The number of halogens is 1. The van der Waals surface area contributed by atoms with Crippen LogP contribution in [0.2, 0.25) is 0 Å². The third kappa shape index (κ3) is 4.70. The first kappa shape index (κ1) is 22.9. The van der Waals surface area contributed by atoms with E-state index in [9.17, 15) is 17.6 Å². The molecule has 180 valence electrons. The predicted octanol–water partition coefficient (Wildman–Crippen LogP) is 2.22. The lowest BCUT2D eigenvalue weighted by Crippen LogP contribution is -2.51. The van der Waals surface area contributed by atoms with Crippen LogP contribution < -0.4 is 0 Å². The van der Waals surface area contributed by atoms with Crippen molar-refractivity contribution in [1.82, 2.24) is 23.5 Å². The fourth-order valence-electron chi connectivity index (χ4n) is 4.78. The minimum Gasteiger partial charge on any atom is -0.340 e. The van der Waals surface area contributed by atoms with Gasteiger partial charge >= 0.3 is 0 Å². The maximum Gasteiger partial charge on any atom is 0.243 e. The minimum absolute atomic E-state index is 0.0837. The largest absolute Gasteiger partial charge is 0.340 e. The number of sulfonamides is 1. The van der Waals surface area contributed by atoms with E-state index in [2.05, 4.69) is 9.88 Å². The second kappa shape index (κ2) is 9.44. The number of carbonyl (C=O) groups is 1. The first-order valence-electron chi connectivity index (χ1n) is 11.6. The van der Waals surface area contributed by atoms with Gasteiger partial charge in [-0.15, -0.1) is 0 Å². The molecule has 2 aromatic heterocycles. The number of hydrogen-bond acceptors (Lipinski definition) is 5. The summed E-state index contributed by atoms with van der Waals surface area (Å²) in [5.41, 5.74) is 1.94. The summed E-state index contributed by atoms with van der Waals surface area (Å²) in [6, 6.07) is 10.8. The van der Waals surface area contributed by atoms with Gasteiger partial charge in [0.25, 0.3) is 0 Å². The molecule has 34 heavy (non-hydrogen) atoms. The van der Waals surface area contributed by atoms with Gasteiger partial charge in [-0.25, -0.2) is 17.8 Å². The van der Waals surface area contributed by atoms with Crippen molar-refractivity contribution in [3.8, 4) is 0 Å². The summed E-state index contributed by atoms with van der Waals surface area (Å²) >= 11 is 0. The van der Waals surface area contributed by atoms with Crippen molar-refractivity contribution in [1.29, 1.82) is 0 Å². The molecular formula is C24H28FN5O3S. The van der Waals surface area contributed by atoms with Crippen LogP contribution >= 0.6 is 0 Å². The van der Waals surface area contributed by atoms with Crippen LogP contribution in [0.15, 0.2) is 59.8 Å². The number of aromatic nitrogens is 2. The van der Waals surface area contributed by atoms with Crippen LogP contribution in [0.4, 0.5) is 4.39 Å².